The highest BCUT2D eigenvalue weighted by Gasteiger charge is 2.07. The highest BCUT2D eigenvalue weighted by atomic mass is 32.2. The Bertz CT molecular complexity index is 81.3. The Morgan fingerprint density at radius 3 is 2.00 bits per heavy atom. The van der Waals surface area contributed by atoms with Crippen LogP contribution in [0.5, 0.6) is 0 Å². The number of nitrogens with two attached hydrogens (primary N) is 1. The van der Waals surface area contributed by atoms with E-state index < -0.39 is 0 Å². The first-order valence-electron chi connectivity index (χ1n) is 3.91. The maximum absolute atomic E-state index is 5.62. The van der Waals surface area contributed by atoms with Crippen LogP contribution in [0.4, 0.5) is 0 Å². The lowest BCUT2D eigenvalue weighted by atomic mass is 10.2. The lowest BCUT2D eigenvalue weighted by Crippen LogP contribution is -2.20. The zero-order chi connectivity index (χ0) is 8.15. The van der Waals surface area contributed by atoms with Crippen molar-refractivity contribution in [1.82, 2.24) is 0 Å². The lowest BCUT2D eigenvalue weighted by molar-refractivity contribution is 0.640. The summed E-state index contributed by atoms with van der Waals surface area (Å²) in [6.45, 7) is 8.81. The van der Waals surface area contributed by atoms with Crippen molar-refractivity contribution in [2.45, 2.75) is 39.0 Å². The average molecular weight is 161 g/mol. The summed E-state index contributed by atoms with van der Waals surface area (Å²) in [5.41, 5.74) is 5.62. The highest BCUT2D eigenvalue weighted by molar-refractivity contribution is 7.99. The predicted molar refractivity (Wildman–Crippen MR) is 50.4 cm³/mol. The summed E-state index contributed by atoms with van der Waals surface area (Å²) in [5.74, 6) is 1.85. The van der Waals surface area contributed by atoms with Crippen molar-refractivity contribution in [3.8, 4) is 0 Å². The van der Waals surface area contributed by atoms with Crippen molar-refractivity contribution in [1.29, 1.82) is 0 Å². The molecule has 0 aliphatic heterocycles. The summed E-state index contributed by atoms with van der Waals surface area (Å²) in [6, 6.07) is 0.339. The minimum atomic E-state index is 0.339. The van der Waals surface area contributed by atoms with Crippen LogP contribution in [0.1, 0.15) is 27.7 Å². The van der Waals surface area contributed by atoms with Gasteiger partial charge in [0.15, 0.2) is 0 Å². The molecule has 0 rings (SSSR count). The largest absolute Gasteiger partial charge is 0.327 e. The second kappa shape index (κ2) is 5.03. The quantitative estimate of drug-likeness (QED) is 0.683. The molecule has 62 valence electrons. The highest BCUT2D eigenvalue weighted by Crippen LogP contribution is 2.18. The molecule has 0 aromatic heterocycles. The van der Waals surface area contributed by atoms with E-state index in [1.165, 1.54) is 0 Å². The Kier molecular flexibility index (Phi) is 5.18. The number of rotatable bonds is 4. The molecular formula is C8H19NS. The van der Waals surface area contributed by atoms with Gasteiger partial charge in [0.25, 0.3) is 0 Å². The Morgan fingerprint density at radius 1 is 1.20 bits per heavy atom. The molecule has 1 unspecified atom stereocenters. The predicted octanol–water partition coefficient (Wildman–Crippen LogP) is 2.11. The molecule has 0 heterocycles. The molecule has 2 atom stereocenters. The van der Waals surface area contributed by atoms with Crippen LogP contribution in [0.15, 0.2) is 0 Å². The van der Waals surface area contributed by atoms with Gasteiger partial charge in [-0.25, -0.2) is 0 Å². The minimum Gasteiger partial charge on any atom is -0.327 e. The van der Waals surface area contributed by atoms with Crippen LogP contribution in [-0.2, 0) is 0 Å². The molecule has 0 fully saturated rings. The SMILES string of the molecule is CC(C)C(C)SC[C@H](C)N. The second-order valence-electron chi connectivity index (χ2n) is 3.26. The molecule has 0 aliphatic rings. The summed E-state index contributed by atoms with van der Waals surface area (Å²) in [4.78, 5) is 0. The van der Waals surface area contributed by atoms with E-state index in [2.05, 4.69) is 27.7 Å². The van der Waals surface area contributed by atoms with Crippen LogP contribution in [-0.4, -0.2) is 17.0 Å². The van der Waals surface area contributed by atoms with E-state index in [9.17, 15) is 0 Å². The normalized spacial score (nSPS) is 17.4. The van der Waals surface area contributed by atoms with Crippen LogP contribution in [0.3, 0.4) is 0 Å². The van der Waals surface area contributed by atoms with E-state index in [1.54, 1.807) is 0 Å². The van der Waals surface area contributed by atoms with Crippen LogP contribution >= 0.6 is 11.8 Å². The molecule has 1 nitrogen and oxygen atoms in total. The van der Waals surface area contributed by atoms with Crippen LogP contribution in [0.25, 0.3) is 0 Å². The molecule has 0 radical (unpaired) electrons. The molecule has 0 amide bonds. The van der Waals surface area contributed by atoms with Crippen LogP contribution in [0.2, 0.25) is 0 Å². The fourth-order valence-electron chi connectivity index (χ4n) is 0.496. The molecule has 2 heteroatoms. The monoisotopic (exact) mass is 161 g/mol. The number of hydrogen-bond donors (Lipinski definition) is 1. The van der Waals surface area contributed by atoms with E-state index in [4.69, 9.17) is 5.73 Å². The molecule has 0 bridgehead atoms. The van der Waals surface area contributed by atoms with E-state index in [0.717, 1.165) is 16.9 Å². The topological polar surface area (TPSA) is 26.0 Å². The van der Waals surface area contributed by atoms with E-state index in [1.807, 2.05) is 11.8 Å². The van der Waals surface area contributed by atoms with Crippen molar-refractivity contribution in [2.24, 2.45) is 11.7 Å². The first-order chi connectivity index (χ1) is 4.54. The first kappa shape index (κ1) is 10.3. The second-order valence-corrected chi connectivity index (χ2v) is 4.67. The van der Waals surface area contributed by atoms with Gasteiger partial charge in [0.05, 0.1) is 0 Å². The van der Waals surface area contributed by atoms with Gasteiger partial charge in [-0.2, -0.15) is 11.8 Å². The molecule has 0 saturated heterocycles. The van der Waals surface area contributed by atoms with E-state index in [-0.39, 0.29) is 0 Å². The summed E-state index contributed by atoms with van der Waals surface area (Å²) in [7, 11) is 0. The van der Waals surface area contributed by atoms with E-state index in [0.29, 0.717) is 6.04 Å². The van der Waals surface area contributed by atoms with Crippen molar-refractivity contribution < 1.29 is 0 Å². The molecular weight excluding hydrogens is 142 g/mol. The number of hydrogen-bond acceptors (Lipinski definition) is 2. The molecule has 2 N–H and O–H groups in total. The molecule has 0 aliphatic carbocycles. The minimum absolute atomic E-state index is 0.339. The molecule has 10 heavy (non-hydrogen) atoms. The number of thioether (sulfide) groups is 1. The maximum Gasteiger partial charge on any atom is 0.0102 e. The maximum atomic E-state index is 5.62. The zero-order valence-electron chi connectivity index (χ0n) is 7.42. The smallest absolute Gasteiger partial charge is 0.0102 e. The molecule has 0 saturated carbocycles. The third-order valence-electron chi connectivity index (χ3n) is 1.56. The van der Waals surface area contributed by atoms with Gasteiger partial charge in [0.1, 0.15) is 0 Å². The van der Waals surface area contributed by atoms with Gasteiger partial charge >= 0.3 is 0 Å². The average Bonchev–Trinajstić information content (AvgIpc) is 1.82. The lowest BCUT2D eigenvalue weighted by Gasteiger charge is -2.15. The van der Waals surface area contributed by atoms with Gasteiger partial charge in [0.2, 0.25) is 0 Å². The van der Waals surface area contributed by atoms with Gasteiger partial charge in [-0.05, 0) is 12.8 Å². The van der Waals surface area contributed by atoms with Crippen molar-refractivity contribution >= 4 is 11.8 Å². The first-order valence-corrected chi connectivity index (χ1v) is 4.96. The molecule has 0 spiro atoms. The standard InChI is InChI=1S/C8H19NS/c1-6(2)8(4)10-5-7(3)9/h6-8H,5,9H2,1-4H3/t7-,8?/m0/s1. The Hall–Kier alpha value is 0.310. The summed E-state index contributed by atoms with van der Waals surface area (Å²) in [6.07, 6.45) is 0. The summed E-state index contributed by atoms with van der Waals surface area (Å²) in [5, 5.41) is 0.742. The Labute approximate surface area is 68.8 Å². The van der Waals surface area contributed by atoms with Crippen molar-refractivity contribution in [3.05, 3.63) is 0 Å². The third kappa shape index (κ3) is 5.12. The Balaban J connectivity index is 3.30. The zero-order valence-corrected chi connectivity index (χ0v) is 8.24. The van der Waals surface area contributed by atoms with Gasteiger partial charge < -0.3 is 5.73 Å². The fraction of sp³-hybridized carbons (Fsp3) is 1.00. The van der Waals surface area contributed by atoms with Crippen molar-refractivity contribution in [3.63, 3.8) is 0 Å². The molecule has 0 aromatic rings. The van der Waals surface area contributed by atoms with Gasteiger partial charge in [-0.15, -0.1) is 0 Å². The van der Waals surface area contributed by atoms with Crippen molar-refractivity contribution in [2.75, 3.05) is 5.75 Å². The van der Waals surface area contributed by atoms with Gasteiger partial charge in [-0.3, -0.25) is 0 Å². The Morgan fingerprint density at radius 2 is 1.70 bits per heavy atom. The third-order valence-corrected chi connectivity index (χ3v) is 3.35. The van der Waals surface area contributed by atoms with E-state index >= 15 is 0 Å². The summed E-state index contributed by atoms with van der Waals surface area (Å²) >= 11 is 1.97. The fourth-order valence-corrected chi connectivity index (χ4v) is 1.49. The van der Waals surface area contributed by atoms with Gasteiger partial charge in [-0.1, -0.05) is 20.8 Å². The van der Waals surface area contributed by atoms with Gasteiger partial charge in [0, 0.05) is 17.0 Å². The van der Waals surface area contributed by atoms with Crippen LogP contribution < -0.4 is 5.73 Å². The van der Waals surface area contributed by atoms with Crippen LogP contribution in [0, 0.1) is 5.92 Å². The summed E-state index contributed by atoms with van der Waals surface area (Å²) < 4.78 is 0. The molecule has 0 aromatic carbocycles.